The molecular formula is C9H28Cl4N4. The van der Waals surface area contributed by atoms with E-state index in [1.807, 2.05) is 0 Å². The van der Waals surface area contributed by atoms with Crippen LogP contribution < -0.4 is 71.7 Å². The third-order valence-electron chi connectivity index (χ3n) is 2.22. The van der Waals surface area contributed by atoms with Crippen molar-refractivity contribution < 1.29 is 71.7 Å². The summed E-state index contributed by atoms with van der Waals surface area (Å²) in [6.07, 6.45) is 2.48. The lowest BCUT2D eigenvalue weighted by molar-refractivity contribution is -0.748. The Morgan fingerprint density at radius 1 is 0.882 bits per heavy atom. The van der Waals surface area contributed by atoms with Gasteiger partial charge in [-0.3, -0.25) is 0 Å². The number of quaternary nitrogens is 4. The fraction of sp³-hybridized carbons (Fsp3) is 1.00. The molecule has 8 heteroatoms. The number of halogens is 4. The molecule has 0 aliphatic carbocycles. The average Bonchev–Trinajstić information content (AvgIpc) is 2.13. The molecule has 0 aromatic carbocycles. The maximum absolute atomic E-state index is 3.83. The average molecular weight is 334 g/mol. The fourth-order valence-corrected chi connectivity index (χ4v) is 1.31. The van der Waals surface area contributed by atoms with E-state index in [0.29, 0.717) is 0 Å². The van der Waals surface area contributed by atoms with Gasteiger partial charge in [-0.25, -0.2) is 0 Å². The maximum atomic E-state index is 3.83. The quantitative estimate of drug-likeness (QED) is 0.302. The van der Waals surface area contributed by atoms with Crippen LogP contribution in [0.15, 0.2) is 0 Å². The zero-order valence-electron chi connectivity index (χ0n) is 10.6. The van der Waals surface area contributed by atoms with Crippen molar-refractivity contribution in [3.05, 3.63) is 0 Å². The van der Waals surface area contributed by atoms with Gasteiger partial charge in [-0.15, -0.1) is 0 Å². The van der Waals surface area contributed by atoms with Gasteiger partial charge in [0.1, 0.15) is 12.6 Å². The molecule has 0 aromatic heterocycles. The fourth-order valence-electron chi connectivity index (χ4n) is 1.31. The summed E-state index contributed by atoms with van der Waals surface area (Å²) < 4.78 is 0. The Balaban J connectivity index is -0.000000120. The highest BCUT2D eigenvalue weighted by Gasteiger charge is 2.05. The van der Waals surface area contributed by atoms with Crippen molar-refractivity contribution in [2.24, 2.45) is 0 Å². The Morgan fingerprint density at radius 3 is 1.82 bits per heavy atom. The second kappa shape index (κ2) is 25.8. The maximum Gasteiger partial charge on any atom is 0.133 e. The first-order chi connectivity index (χ1) is 6.31. The van der Waals surface area contributed by atoms with Crippen molar-refractivity contribution in [2.75, 3.05) is 32.7 Å². The van der Waals surface area contributed by atoms with E-state index in [4.69, 9.17) is 0 Å². The second-order valence-corrected chi connectivity index (χ2v) is 3.73. The lowest BCUT2D eigenvalue weighted by atomic mass is 10.3. The van der Waals surface area contributed by atoms with Gasteiger partial charge in [0, 0.05) is 12.8 Å². The molecule has 0 spiro atoms. The summed E-state index contributed by atoms with van der Waals surface area (Å²) >= 11 is 0. The molecule has 0 saturated heterocycles. The molecule has 10 N–H and O–H groups in total. The smallest absolute Gasteiger partial charge is 0.133 e. The minimum Gasteiger partial charge on any atom is -1.00 e. The van der Waals surface area contributed by atoms with Crippen LogP contribution in [0, 0.1) is 0 Å². The van der Waals surface area contributed by atoms with Gasteiger partial charge in [-0.2, -0.15) is 0 Å². The summed E-state index contributed by atoms with van der Waals surface area (Å²) in [5, 5.41) is 4.82. The van der Waals surface area contributed by atoms with E-state index in [1.165, 1.54) is 32.5 Å². The Labute approximate surface area is 130 Å². The van der Waals surface area contributed by atoms with E-state index in [0.717, 1.165) is 19.1 Å². The third kappa shape index (κ3) is 26.6. The molecule has 0 fully saturated rings. The molecule has 0 rings (SSSR count). The molecule has 0 heterocycles. The molecule has 0 aromatic rings. The SMILES string of the molecule is C[C@H](C[NH2+]CCC[NH3+])[NH2+]CCC[NH3+].[Cl-].[Cl-].[Cl-].[Cl-]. The van der Waals surface area contributed by atoms with Gasteiger partial charge in [-0.05, 0) is 6.92 Å². The van der Waals surface area contributed by atoms with Gasteiger partial charge >= 0.3 is 0 Å². The van der Waals surface area contributed by atoms with Crippen LogP contribution in [-0.4, -0.2) is 38.8 Å². The van der Waals surface area contributed by atoms with Crippen LogP contribution in [0.4, 0.5) is 0 Å². The highest BCUT2D eigenvalue weighted by Crippen LogP contribution is 1.65. The Hall–Kier alpha value is 1.00. The number of hydrogen-bond donors (Lipinski definition) is 4. The van der Waals surface area contributed by atoms with E-state index in [2.05, 4.69) is 29.0 Å². The summed E-state index contributed by atoms with van der Waals surface area (Å²) in [7, 11) is 0. The predicted molar refractivity (Wildman–Crippen MR) is 52.7 cm³/mol. The summed E-state index contributed by atoms with van der Waals surface area (Å²) in [6, 6.07) is 0.747. The predicted octanol–water partition coefficient (Wildman–Crippen LogP) is -16.2. The Bertz CT molecular complexity index is 111. The highest BCUT2D eigenvalue weighted by molar-refractivity contribution is 4.38. The molecule has 4 nitrogen and oxygen atoms in total. The zero-order valence-corrected chi connectivity index (χ0v) is 13.6. The van der Waals surface area contributed by atoms with Crippen molar-refractivity contribution in [1.29, 1.82) is 0 Å². The van der Waals surface area contributed by atoms with Crippen LogP contribution in [-0.2, 0) is 0 Å². The molecule has 112 valence electrons. The third-order valence-corrected chi connectivity index (χ3v) is 2.22. The van der Waals surface area contributed by atoms with E-state index in [1.54, 1.807) is 0 Å². The van der Waals surface area contributed by atoms with Gasteiger partial charge in [0.05, 0.1) is 26.2 Å². The van der Waals surface area contributed by atoms with Crippen LogP contribution in [0.5, 0.6) is 0 Å². The largest absolute Gasteiger partial charge is 1.00 e. The molecule has 1 atom stereocenters. The van der Waals surface area contributed by atoms with Crippen molar-refractivity contribution >= 4 is 0 Å². The first-order valence-corrected chi connectivity index (χ1v) is 5.54. The van der Waals surface area contributed by atoms with Crippen LogP contribution in [0.2, 0.25) is 0 Å². The normalized spacial score (nSPS) is 10.1. The molecule has 0 aliphatic rings. The second-order valence-electron chi connectivity index (χ2n) is 3.73. The lowest BCUT2D eigenvalue weighted by Gasteiger charge is -2.08. The molecule has 0 unspecified atom stereocenters. The topological polar surface area (TPSA) is 88.5 Å². The van der Waals surface area contributed by atoms with Crippen molar-refractivity contribution in [3.63, 3.8) is 0 Å². The summed E-state index contributed by atoms with van der Waals surface area (Å²) in [6.45, 7) is 8.12. The minimum absolute atomic E-state index is 0. The van der Waals surface area contributed by atoms with Crippen LogP contribution in [0.1, 0.15) is 19.8 Å². The van der Waals surface area contributed by atoms with Crippen LogP contribution >= 0.6 is 0 Å². The highest BCUT2D eigenvalue weighted by atomic mass is 35.5. The Kier molecular flexibility index (Phi) is 46.6. The minimum atomic E-state index is 0. The standard InChI is InChI=1S/C9H24N4.4ClH/c1-9(13-7-3-5-11)8-12-6-2-4-10;;;;/h9,12-13H,2-8,10-11H2,1H3;4*1H/t9-;;;;/m1..../s1. The molecule has 0 saturated carbocycles. The molecule has 0 aliphatic heterocycles. The van der Waals surface area contributed by atoms with Crippen molar-refractivity contribution in [2.45, 2.75) is 25.8 Å². The van der Waals surface area contributed by atoms with Gasteiger partial charge in [-0.1, -0.05) is 0 Å². The molecule has 0 radical (unpaired) electrons. The molecule has 17 heavy (non-hydrogen) atoms. The van der Waals surface area contributed by atoms with Gasteiger partial charge < -0.3 is 71.7 Å². The van der Waals surface area contributed by atoms with Crippen LogP contribution in [0.25, 0.3) is 0 Å². The number of nitrogens with two attached hydrogens (primary N) is 2. The van der Waals surface area contributed by atoms with Crippen molar-refractivity contribution in [1.82, 2.24) is 0 Å². The summed E-state index contributed by atoms with van der Waals surface area (Å²) in [4.78, 5) is 0. The van der Waals surface area contributed by atoms with Gasteiger partial charge in [0.15, 0.2) is 0 Å². The Morgan fingerprint density at radius 2 is 1.35 bits per heavy atom. The van der Waals surface area contributed by atoms with Crippen LogP contribution in [0.3, 0.4) is 0 Å². The molecular weight excluding hydrogens is 306 g/mol. The monoisotopic (exact) mass is 332 g/mol. The first kappa shape index (κ1) is 30.8. The lowest BCUT2D eigenvalue weighted by Crippen LogP contribution is -3.00. The zero-order chi connectivity index (χ0) is 9.94. The number of rotatable bonds is 9. The first-order valence-electron chi connectivity index (χ1n) is 5.54. The van der Waals surface area contributed by atoms with E-state index < -0.39 is 0 Å². The summed E-state index contributed by atoms with van der Waals surface area (Å²) in [5.41, 5.74) is 7.66. The number of hydrogen-bond acceptors (Lipinski definition) is 0. The summed E-state index contributed by atoms with van der Waals surface area (Å²) in [5.74, 6) is 0. The molecule has 0 bridgehead atoms. The van der Waals surface area contributed by atoms with Gasteiger partial charge in [0.2, 0.25) is 0 Å². The van der Waals surface area contributed by atoms with Crippen molar-refractivity contribution in [3.8, 4) is 0 Å². The van der Waals surface area contributed by atoms with E-state index >= 15 is 0 Å². The van der Waals surface area contributed by atoms with Gasteiger partial charge in [0.25, 0.3) is 0 Å². The molecule has 0 amide bonds. The van der Waals surface area contributed by atoms with E-state index in [9.17, 15) is 0 Å². The van der Waals surface area contributed by atoms with E-state index in [-0.39, 0.29) is 49.6 Å².